The number of benzene rings is 1. The number of hydrogen-bond donors (Lipinski definition) is 2. The Morgan fingerprint density at radius 3 is 2.56 bits per heavy atom. The van der Waals surface area contributed by atoms with Crippen LogP contribution in [-0.4, -0.2) is 55.4 Å². The maximum atomic E-state index is 13.4. The van der Waals surface area contributed by atoms with Gasteiger partial charge in [0.2, 0.25) is 5.91 Å². The second-order valence-electron chi connectivity index (χ2n) is 8.92. The summed E-state index contributed by atoms with van der Waals surface area (Å²) in [5.41, 5.74) is 5.01. The number of aliphatic hydroxyl groups is 1. The molecule has 0 aliphatic carbocycles. The molecule has 2 amide bonds. The number of likely N-dealkylation sites (tertiary alicyclic amines) is 1. The number of nitrogens with zero attached hydrogens (tertiary/aromatic N) is 4. The first-order valence-electron chi connectivity index (χ1n) is 11.2. The quantitative estimate of drug-likeness (QED) is 0.511. The van der Waals surface area contributed by atoms with E-state index in [2.05, 4.69) is 15.7 Å². The Kier molecular flexibility index (Phi) is 6.69. The molecule has 2 aromatic heterocycles. The van der Waals surface area contributed by atoms with E-state index in [1.807, 2.05) is 39.1 Å². The van der Waals surface area contributed by atoms with Gasteiger partial charge in [0, 0.05) is 37.8 Å². The normalized spacial score (nSPS) is 18.8. The van der Waals surface area contributed by atoms with Crippen molar-refractivity contribution in [3.05, 3.63) is 54.0 Å². The van der Waals surface area contributed by atoms with Crippen LogP contribution in [0, 0.1) is 12.8 Å². The van der Waals surface area contributed by atoms with Gasteiger partial charge in [-0.2, -0.15) is 10.6 Å². The van der Waals surface area contributed by atoms with Crippen LogP contribution in [0.3, 0.4) is 0 Å². The molecule has 10 nitrogen and oxygen atoms in total. The summed E-state index contributed by atoms with van der Waals surface area (Å²) in [6.07, 6.45) is 1.04. The van der Waals surface area contributed by atoms with Gasteiger partial charge in [0.25, 0.3) is 5.91 Å². The summed E-state index contributed by atoms with van der Waals surface area (Å²) in [6.45, 7) is 5.65. The first-order chi connectivity index (χ1) is 16.2. The zero-order valence-corrected chi connectivity index (χ0v) is 19.6. The molecule has 0 spiro atoms. The monoisotopic (exact) mass is 467 g/mol. The number of carbonyl (C=O) groups excluding carboxylic acids is 2. The summed E-state index contributed by atoms with van der Waals surface area (Å²) in [5, 5.41) is 18.3. The number of hydroxylamine groups is 1. The standard InChI is InChI=1S/C24H29N5O5/c1-14(2)22(21-11-15(3)26-34-21)24(32)29-13-17(30)12-20(29)23(31)27-33-18-7-5-16(6-8-18)19-9-10-25-28(19)4/h5-11,14,17,20,22,30H,12-13H2,1-4H3,(H,27,31). The topological polar surface area (TPSA) is 123 Å². The van der Waals surface area contributed by atoms with Crippen LogP contribution in [0.2, 0.25) is 0 Å². The third-order valence-electron chi connectivity index (χ3n) is 5.99. The van der Waals surface area contributed by atoms with Crippen molar-refractivity contribution in [2.75, 3.05) is 6.54 Å². The van der Waals surface area contributed by atoms with Gasteiger partial charge in [-0.25, -0.2) is 0 Å². The second kappa shape index (κ2) is 9.68. The number of β-amino-alcohol motifs (C(OH)–C–C–N with tert-alkyl or cyclic N) is 1. The van der Waals surface area contributed by atoms with Crippen molar-refractivity contribution in [2.45, 2.75) is 45.3 Å². The number of nitrogens with one attached hydrogen (secondary N) is 1. The van der Waals surface area contributed by atoms with Crippen LogP contribution in [0.25, 0.3) is 11.3 Å². The minimum Gasteiger partial charge on any atom is -0.391 e. The molecule has 1 aliphatic heterocycles. The van der Waals surface area contributed by atoms with E-state index in [1.54, 1.807) is 36.0 Å². The third-order valence-corrected chi connectivity index (χ3v) is 5.99. The fraction of sp³-hybridized carbons (Fsp3) is 0.417. The molecular formula is C24H29N5O5. The summed E-state index contributed by atoms with van der Waals surface area (Å²) in [6, 6.07) is 9.95. The molecule has 34 heavy (non-hydrogen) atoms. The van der Waals surface area contributed by atoms with Gasteiger partial charge < -0.3 is 19.4 Å². The van der Waals surface area contributed by atoms with Crippen LogP contribution in [0.1, 0.15) is 37.6 Å². The van der Waals surface area contributed by atoms with Crippen molar-refractivity contribution in [2.24, 2.45) is 13.0 Å². The van der Waals surface area contributed by atoms with Crippen molar-refractivity contribution >= 4 is 11.8 Å². The first kappa shape index (κ1) is 23.5. The number of amides is 2. The average molecular weight is 468 g/mol. The molecule has 3 heterocycles. The maximum Gasteiger partial charge on any atom is 0.275 e. The number of rotatable bonds is 7. The molecule has 4 rings (SSSR count). The lowest BCUT2D eigenvalue weighted by atomic mass is 9.91. The number of hydrogen-bond acceptors (Lipinski definition) is 7. The molecule has 180 valence electrons. The molecule has 2 N–H and O–H groups in total. The summed E-state index contributed by atoms with van der Waals surface area (Å²) in [5.74, 6) is -0.603. The summed E-state index contributed by atoms with van der Waals surface area (Å²) in [4.78, 5) is 33.2. The summed E-state index contributed by atoms with van der Waals surface area (Å²) < 4.78 is 7.11. The van der Waals surface area contributed by atoms with Gasteiger partial charge in [-0.15, -0.1) is 0 Å². The Bertz CT molecular complexity index is 1150. The predicted octanol–water partition coefficient (Wildman–Crippen LogP) is 2.20. The highest BCUT2D eigenvalue weighted by molar-refractivity contribution is 5.91. The van der Waals surface area contributed by atoms with E-state index in [-0.39, 0.29) is 24.8 Å². The van der Waals surface area contributed by atoms with Gasteiger partial charge in [-0.1, -0.05) is 19.0 Å². The first-order valence-corrected chi connectivity index (χ1v) is 11.2. The minimum atomic E-state index is -0.860. The van der Waals surface area contributed by atoms with E-state index >= 15 is 0 Å². The molecule has 0 saturated carbocycles. The molecule has 1 aromatic carbocycles. The lowest BCUT2D eigenvalue weighted by Crippen LogP contribution is -2.48. The van der Waals surface area contributed by atoms with E-state index in [0.717, 1.165) is 11.3 Å². The van der Waals surface area contributed by atoms with Crippen molar-refractivity contribution in [3.8, 4) is 17.0 Å². The Morgan fingerprint density at radius 1 is 1.24 bits per heavy atom. The molecule has 3 aromatic rings. The molecule has 10 heteroatoms. The Morgan fingerprint density at radius 2 is 1.97 bits per heavy atom. The van der Waals surface area contributed by atoms with Crippen LogP contribution in [0.15, 0.2) is 47.1 Å². The minimum absolute atomic E-state index is 0.0622. The van der Waals surface area contributed by atoms with Crippen molar-refractivity contribution in [1.29, 1.82) is 0 Å². The fourth-order valence-corrected chi connectivity index (χ4v) is 4.28. The number of aromatic nitrogens is 3. The van der Waals surface area contributed by atoms with Gasteiger partial charge in [-0.05, 0) is 43.2 Å². The molecule has 1 aliphatic rings. The lowest BCUT2D eigenvalue weighted by Gasteiger charge is -2.28. The third kappa shape index (κ3) is 4.81. The maximum absolute atomic E-state index is 13.4. The fourth-order valence-electron chi connectivity index (χ4n) is 4.28. The van der Waals surface area contributed by atoms with Crippen LogP contribution >= 0.6 is 0 Å². The highest BCUT2D eigenvalue weighted by Gasteiger charge is 2.43. The van der Waals surface area contributed by atoms with Crippen molar-refractivity contribution in [1.82, 2.24) is 25.3 Å². The van der Waals surface area contributed by atoms with Crippen LogP contribution in [0.4, 0.5) is 0 Å². The smallest absolute Gasteiger partial charge is 0.275 e. The van der Waals surface area contributed by atoms with E-state index < -0.39 is 24.0 Å². The number of aliphatic hydroxyl groups excluding tert-OH is 1. The zero-order chi connectivity index (χ0) is 24.4. The average Bonchev–Trinajstić information content (AvgIpc) is 3.52. The molecular weight excluding hydrogens is 438 g/mol. The van der Waals surface area contributed by atoms with Crippen LogP contribution in [-0.2, 0) is 16.6 Å². The Balaban J connectivity index is 1.43. The SMILES string of the molecule is Cc1cc(C(C(=O)N2CC(O)CC2C(=O)NOc2ccc(-c3ccnn3C)cc2)C(C)C)on1. The Labute approximate surface area is 197 Å². The van der Waals surface area contributed by atoms with Gasteiger partial charge in [0.1, 0.15) is 17.7 Å². The highest BCUT2D eigenvalue weighted by Crippen LogP contribution is 2.31. The summed E-state index contributed by atoms with van der Waals surface area (Å²) in [7, 11) is 1.86. The van der Waals surface area contributed by atoms with Crippen molar-refractivity contribution in [3.63, 3.8) is 0 Å². The largest absolute Gasteiger partial charge is 0.391 e. The Hall–Kier alpha value is -3.66. The van der Waals surface area contributed by atoms with Gasteiger partial charge in [-0.3, -0.25) is 14.3 Å². The van der Waals surface area contributed by atoms with Crippen LogP contribution in [0.5, 0.6) is 5.75 Å². The van der Waals surface area contributed by atoms with Gasteiger partial charge in [0.15, 0.2) is 5.75 Å². The van der Waals surface area contributed by atoms with E-state index in [0.29, 0.717) is 17.2 Å². The molecule has 0 bridgehead atoms. The van der Waals surface area contributed by atoms with E-state index in [1.165, 1.54) is 4.90 Å². The van der Waals surface area contributed by atoms with Gasteiger partial charge in [0.05, 0.1) is 17.5 Å². The van der Waals surface area contributed by atoms with Gasteiger partial charge >= 0.3 is 0 Å². The predicted molar refractivity (Wildman–Crippen MR) is 122 cm³/mol. The van der Waals surface area contributed by atoms with E-state index in [9.17, 15) is 14.7 Å². The molecule has 1 fully saturated rings. The molecule has 3 unspecified atom stereocenters. The van der Waals surface area contributed by atoms with Crippen LogP contribution < -0.4 is 10.3 Å². The van der Waals surface area contributed by atoms with Crippen molar-refractivity contribution < 1.29 is 24.1 Å². The second-order valence-corrected chi connectivity index (χ2v) is 8.92. The summed E-state index contributed by atoms with van der Waals surface area (Å²) >= 11 is 0. The number of aryl methyl sites for hydroxylation is 2. The van der Waals surface area contributed by atoms with E-state index in [4.69, 9.17) is 9.36 Å². The molecule has 3 atom stereocenters. The molecule has 0 radical (unpaired) electrons. The molecule has 1 saturated heterocycles. The zero-order valence-electron chi connectivity index (χ0n) is 19.6. The lowest BCUT2D eigenvalue weighted by molar-refractivity contribution is -0.143. The highest BCUT2D eigenvalue weighted by atomic mass is 16.7. The number of carbonyl (C=O) groups is 2.